The molecule has 6 heteroatoms. The first kappa shape index (κ1) is 22.1. The number of nitrogens with one attached hydrogen (secondary N) is 2. The van der Waals surface area contributed by atoms with Crippen LogP contribution in [0.5, 0.6) is 0 Å². The molecule has 6 nitrogen and oxygen atoms in total. The summed E-state index contributed by atoms with van der Waals surface area (Å²) in [4.78, 5) is 23.5. The Bertz CT molecular complexity index is 557. The molecule has 0 aromatic heterocycles. The molecule has 0 spiro atoms. The van der Waals surface area contributed by atoms with E-state index in [4.69, 9.17) is 9.47 Å². The van der Waals surface area contributed by atoms with Crippen LogP contribution in [0.2, 0.25) is 0 Å². The first-order valence-corrected chi connectivity index (χ1v) is 10.6. The lowest BCUT2D eigenvalue weighted by molar-refractivity contribution is 0.113. The molecule has 2 aliphatic carbocycles. The molecule has 0 saturated carbocycles. The summed E-state index contributed by atoms with van der Waals surface area (Å²) < 4.78 is 10.6. The van der Waals surface area contributed by atoms with Gasteiger partial charge in [-0.1, -0.05) is 43.2 Å². The largest absolute Gasteiger partial charge is 0.450 e. The number of unbranched alkanes of at least 4 members (excludes halogenated alkanes) is 3. The Labute approximate surface area is 168 Å². The molecule has 0 heterocycles. The van der Waals surface area contributed by atoms with E-state index >= 15 is 0 Å². The third kappa shape index (κ3) is 10.2. The predicted octanol–water partition coefficient (Wildman–Crippen LogP) is 4.77. The van der Waals surface area contributed by atoms with Gasteiger partial charge in [0.1, 0.15) is 6.10 Å². The van der Waals surface area contributed by atoms with Crippen LogP contribution in [0.3, 0.4) is 0 Å². The minimum atomic E-state index is -0.363. The molecule has 0 radical (unpaired) electrons. The second kappa shape index (κ2) is 13.9. The van der Waals surface area contributed by atoms with Gasteiger partial charge in [-0.2, -0.15) is 0 Å². The lowest BCUT2D eigenvalue weighted by Gasteiger charge is -2.16. The predicted molar refractivity (Wildman–Crippen MR) is 110 cm³/mol. The van der Waals surface area contributed by atoms with E-state index < -0.39 is 0 Å². The van der Waals surface area contributed by atoms with Crippen molar-refractivity contribution in [3.05, 3.63) is 36.5 Å². The molecule has 2 aliphatic rings. The molecule has 0 aromatic carbocycles. The van der Waals surface area contributed by atoms with Crippen molar-refractivity contribution in [3.63, 3.8) is 0 Å². The Morgan fingerprint density at radius 3 is 2.68 bits per heavy atom. The maximum absolute atomic E-state index is 11.8. The Balaban J connectivity index is 1.41. The van der Waals surface area contributed by atoms with Crippen LogP contribution in [0, 0.1) is 0 Å². The molecule has 0 bridgehead atoms. The third-order valence-corrected chi connectivity index (χ3v) is 4.83. The molecule has 2 N–H and O–H groups in total. The van der Waals surface area contributed by atoms with Gasteiger partial charge in [-0.25, -0.2) is 9.59 Å². The second-order valence-electron chi connectivity index (χ2n) is 7.29. The SMILES string of the molecule is O=C(NC1C=CC=CC1)OCCCCCCNC(=O)OC1C=CCCCCC1. The highest BCUT2D eigenvalue weighted by molar-refractivity contribution is 5.68. The summed E-state index contributed by atoms with van der Waals surface area (Å²) in [6.45, 7) is 1.03. The Kier molecular flexibility index (Phi) is 10.9. The van der Waals surface area contributed by atoms with E-state index in [9.17, 15) is 9.59 Å². The van der Waals surface area contributed by atoms with E-state index in [-0.39, 0.29) is 24.3 Å². The maximum Gasteiger partial charge on any atom is 0.407 e. The highest BCUT2D eigenvalue weighted by Crippen LogP contribution is 2.14. The highest BCUT2D eigenvalue weighted by Gasteiger charge is 2.12. The second-order valence-corrected chi connectivity index (χ2v) is 7.29. The summed E-state index contributed by atoms with van der Waals surface area (Å²) in [7, 11) is 0. The number of rotatable bonds is 9. The number of hydrogen-bond donors (Lipinski definition) is 2. The van der Waals surface area contributed by atoms with Crippen LogP contribution in [0.15, 0.2) is 36.5 Å². The molecular formula is C22H34N2O4. The Morgan fingerprint density at radius 2 is 1.82 bits per heavy atom. The smallest absolute Gasteiger partial charge is 0.407 e. The molecular weight excluding hydrogens is 356 g/mol. The highest BCUT2D eigenvalue weighted by atomic mass is 16.6. The van der Waals surface area contributed by atoms with Gasteiger partial charge in [-0.05, 0) is 57.4 Å². The number of alkyl carbamates (subject to hydrolysis) is 2. The van der Waals surface area contributed by atoms with Crippen molar-refractivity contribution in [1.82, 2.24) is 10.6 Å². The molecule has 2 atom stereocenters. The van der Waals surface area contributed by atoms with Crippen molar-refractivity contribution < 1.29 is 19.1 Å². The molecule has 0 saturated heterocycles. The van der Waals surface area contributed by atoms with Crippen LogP contribution in [0.4, 0.5) is 9.59 Å². The normalized spacial score (nSPS) is 21.4. The quantitative estimate of drug-likeness (QED) is 0.439. The van der Waals surface area contributed by atoms with Gasteiger partial charge in [0.05, 0.1) is 12.6 Å². The molecule has 2 rings (SSSR count). The van der Waals surface area contributed by atoms with E-state index in [0.29, 0.717) is 13.2 Å². The van der Waals surface area contributed by atoms with Crippen LogP contribution in [-0.4, -0.2) is 37.5 Å². The number of carbonyl (C=O) groups excluding carboxylic acids is 2. The fourth-order valence-corrected chi connectivity index (χ4v) is 3.22. The summed E-state index contributed by atoms with van der Waals surface area (Å²) >= 11 is 0. The van der Waals surface area contributed by atoms with Gasteiger partial charge in [0.15, 0.2) is 0 Å². The fraction of sp³-hybridized carbons (Fsp3) is 0.636. The third-order valence-electron chi connectivity index (χ3n) is 4.83. The van der Waals surface area contributed by atoms with Gasteiger partial charge in [0, 0.05) is 6.54 Å². The Morgan fingerprint density at radius 1 is 0.929 bits per heavy atom. The first-order chi connectivity index (χ1) is 13.7. The number of carbonyl (C=O) groups is 2. The van der Waals surface area contributed by atoms with Gasteiger partial charge in [0.25, 0.3) is 0 Å². The summed E-state index contributed by atoms with van der Waals surface area (Å²) in [6, 6.07) is 0.0289. The lowest BCUT2D eigenvalue weighted by atomic mass is 10.0. The minimum absolute atomic E-state index is 0.0289. The van der Waals surface area contributed by atoms with Gasteiger partial charge >= 0.3 is 12.2 Å². The molecule has 0 aliphatic heterocycles. The molecule has 2 unspecified atom stereocenters. The molecule has 0 fully saturated rings. The molecule has 156 valence electrons. The monoisotopic (exact) mass is 390 g/mol. The van der Waals surface area contributed by atoms with E-state index in [1.807, 2.05) is 30.4 Å². The van der Waals surface area contributed by atoms with Crippen LogP contribution in [0.1, 0.15) is 64.2 Å². The van der Waals surface area contributed by atoms with E-state index in [0.717, 1.165) is 51.4 Å². The summed E-state index contributed by atoms with van der Waals surface area (Å²) in [5, 5.41) is 5.64. The van der Waals surface area contributed by atoms with Gasteiger partial charge < -0.3 is 20.1 Å². The number of amides is 2. The molecule has 2 amide bonds. The van der Waals surface area contributed by atoms with Crippen molar-refractivity contribution in [2.75, 3.05) is 13.2 Å². The zero-order valence-corrected chi connectivity index (χ0v) is 16.7. The average Bonchev–Trinajstić information content (AvgIpc) is 2.66. The zero-order chi connectivity index (χ0) is 19.9. The summed E-state index contributed by atoms with van der Waals surface area (Å²) in [5.41, 5.74) is 0. The fourth-order valence-electron chi connectivity index (χ4n) is 3.22. The van der Waals surface area contributed by atoms with Crippen molar-refractivity contribution in [2.24, 2.45) is 0 Å². The van der Waals surface area contributed by atoms with Gasteiger partial charge in [-0.15, -0.1) is 0 Å². The number of allylic oxidation sites excluding steroid dienone is 3. The maximum atomic E-state index is 11.8. The number of ether oxygens (including phenoxy) is 2. The van der Waals surface area contributed by atoms with Crippen LogP contribution in [-0.2, 0) is 9.47 Å². The van der Waals surface area contributed by atoms with Crippen molar-refractivity contribution in [2.45, 2.75) is 76.4 Å². The van der Waals surface area contributed by atoms with Gasteiger partial charge in [0.2, 0.25) is 0 Å². The molecule has 0 aromatic rings. The summed E-state index contributed by atoms with van der Waals surface area (Å²) in [5.74, 6) is 0. The van der Waals surface area contributed by atoms with E-state index in [2.05, 4.69) is 16.7 Å². The molecule has 28 heavy (non-hydrogen) atoms. The van der Waals surface area contributed by atoms with Crippen LogP contribution in [0.25, 0.3) is 0 Å². The van der Waals surface area contributed by atoms with Gasteiger partial charge in [-0.3, -0.25) is 0 Å². The number of hydrogen-bond acceptors (Lipinski definition) is 4. The zero-order valence-electron chi connectivity index (χ0n) is 16.7. The lowest BCUT2D eigenvalue weighted by Crippen LogP contribution is -2.34. The van der Waals surface area contributed by atoms with Crippen molar-refractivity contribution >= 4 is 12.2 Å². The van der Waals surface area contributed by atoms with Crippen LogP contribution < -0.4 is 10.6 Å². The van der Waals surface area contributed by atoms with E-state index in [1.54, 1.807) is 0 Å². The van der Waals surface area contributed by atoms with Crippen molar-refractivity contribution in [3.8, 4) is 0 Å². The minimum Gasteiger partial charge on any atom is -0.450 e. The topological polar surface area (TPSA) is 76.7 Å². The Hall–Kier alpha value is -2.24. The summed E-state index contributed by atoms with van der Waals surface area (Å²) in [6.07, 6.45) is 21.2. The van der Waals surface area contributed by atoms with Crippen molar-refractivity contribution in [1.29, 1.82) is 0 Å². The van der Waals surface area contributed by atoms with E-state index in [1.165, 1.54) is 12.8 Å². The van der Waals surface area contributed by atoms with Crippen LogP contribution >= 0.6 is 0 Å². The standard InChI is InChI=1S/C22H34N2O4/c25-21(28-20-15-9-2-1-3-10-16-20)23-17-11-4-5-12-18-27-22(26)24-19-13-7-6-8-14-19/h6-9,13,15,19-20H,1-5,10-12,14,16-18H2,(H,23,25)(H,24,26). The average molecular weight is 391 g/mol. The first-order valence-electron chi connectivity index (χ1n) is 10.6.